The van der Waals surface area contributed by atoms with Crippen molar-refractivity contribution in [2.45, 2.75) is 0 Å². The van der Waals surface area contributed by atoms with Crippen LogP contribution >= 0.6 is 0 Å². The molecule has 2 aromatic rings. The van der Waals surface area contributed by atoms with E-state index < -0.39 is 0 Å². The Balaban J connectivity index is 2.17. The normalized spacial score (nSPS) is 9.75. The van der Waals surface area contributed by atoms with E-state index in [9.17, 15) is 4.79 Å². The van der Waals surface area contributed by atoms with Gasteiger partial charge in [-0.25, -0.2) is 9.67 Å². The zero-order valence-corrected chi connectivity index (χ0v) is 8.50. The van der Waals surface area contributed by atoms with Crippen molar-refractivity contribution in [2.75, 3.05) is 5.32 Å². The minimum Gasteiger partial charge on any atom is -0.323 e. The van der Waals surface area contributed by atoms with Crippen LogP contribution in [0.3, 0.4) is 0 Å². The molecule has 0 saturated carbocycles. The fraction of sp³-hybridized carbons (Fsp3) is 0. The van der Waals surface area contributed by atoms with Crippen LogP contribution in [0, 0.1) is 0 Å². The maximum Gasteiger partial charge on any atom is 0.247 e. The maximum absolute atomic E-state index is 11.0. The zero-order chi connectivity index (χ0) is 11.4. The predicted molar refractivity (Wildman–Crippen MR) is 60.2 cm³/mol. The molecular weight excluding hydrogens is 204 g/mol. The van der Waals surface area contributed by atoms with Crippen LogP contribution < -0.4 is 5.32 Å². The first-order valence-electron chi connectivity index (χ1n) is 4.68. The van der Waals surface area contributed by atoms with Crippen LogP contribution in [0.25, 0.3) is 5.69 Å². The topological polar surface area (TPSA) is 59.8 Å². The molecule has 2 rings (SSSR count). The van der Waals surface area contributed by atoms with Crippen LogP contribution in [-0.2, 0) is 4.79 Å². The maximum atomic E-state index is 11.0. The Hall–Kier alpha value is -2.43. The third-order valence-electron chi connectivity index (χ3n) is 2.00. The predicted octanol–water partition coefficient (Wildman–Crippen LogP) is 1.39. The summed E-state index contributed by atoms with van der Waals surface area (Å²) in [6, 6.07) is 7.26. The van der Waals surface area contributed by atoms with Gasteiger partial charge in [0.05, 0.1) is 5.69 Å². The monoisotopic (exact) mass is 214 g/mol. The third-order valence-corrected chi connectivity index (χ3v) is 2.00. The van der Waals surface area contributed by atoms with Crippen molar-refractivity contribution in [3.63, 3.8) is 0 Å². The first kappa shape index (κ1) is 10.1. The van der Waals surface area contributed by atoms with Crippen LogP contribution in [-0.4, -0.2) is 20.7 Å². The highest BCUT2D eigenvalue weighted by molar-refractivity contribution is 5.98. The summed E-state index contributed by atoms with van der Waals surface area (Å²) in [6.45, 7) is 3.38. The first-order chi connectivity index (χ1) is 7.79. The molecule has 1 N–H and O–H groups in total. The lowest BCUT2D eigenvalue weighted by atomic mass is 10.3. The van der Waals surface area contributed by atoms with Crippen LogP contribution in [0.1, 0.15) is 0 Å². The van der Waals surface area contributed by atoms with Gasteiger partial charge < -0.3 is 5.32 Å². The summed E-state index contributed by atoms with van der Waals surface area (Å²) in [7, 11) is 0. The Morgan fingerprint density at radius 2 is 2.12 bits per heavy atom. The number of carbonyl (C=O) groups excluding carboxylic acids is 1. The summed E-state index contributed by atoms with van der Waals surface area (Å²) in [5, 5.41) is 6.66. The highest BCUT2D eigenvalue weighted by Gasteiger charge is 1.99. The second-order valence-corrected chi connectivity index (χ2v) is 3.08. The smallest absolute Gasteiger partial charge is 0.247 e. The molecule has 5 heteroatoms. The number of nitrogens with zero attached hydrogens (tertiary/aromatic N) is 3. The molecule has 0 radical (unpaired) electrons. The lowest BCUT2D eigenvalue weighted by Crippen LogP contribution is -2.07. The van der Waals surface area contributed by atoms with E-state index >= 15 is 0 Å². The Labute approximate surface area is 92.4 Å². The van der Waals surface area contributed by atoms with Crippen molar-refractivity contribution >= 4 is 11.6 Å². The van der Waals surface area contributed by atoms with Gasteiger partial charge in [0.15, 0.2) is 0 Å². The van der Waals surface area contributed by atoms with E-state index in [-0.39, 0.29) is 5.91 Å². The lowest BCUT2D eigenvalue weighted by Gasteiger charge is -2.03. The highest BCUT2D eigenvalue weighted by atomic mass is 16.1. The largest absolute Gasteiger partial charge is 0.323 e. The van der Waals surface area contributed by atoms with Gasteiger partial charge in [0.25, 0.3) is 0 Å². The summed E-state index contributed by atoms with van der Waals surface area (Å²) in [6.07, 6.45) is 4.30. The molecule has 0 bridgehead atoms. The van der Waals surface area contributed by atoms with E-state index in [0.29, 0.717) is 5.69 Å². The van der Waals surface area contributed by atoms with Crippen molar-refractivity contribution in [2.24, 2.45) is 0 Å². The Morgan fingerprint density at radius 3 is 2.69 bits per heavy atom. The van der Waals surface area contributed by atoms with Gasteiger partial charge in [0.1, 0.15) is 12.7 Å². The second kappa shape index (κ2) is 4.39. The Bertz CT molecular complexity index is 487. The van der Waals surface area contributed by atoms with E-state index in [4.69, 9.17) is 0 Å². The molecule has 0 unspecified atom stereocenters. The minimum absolute atomic E-state index is 0.228. The number of aromatic nitrogens is 3. The Kier molecular flexibility index (Phi) is 2.77. The molecule has 1 heterocycles. The Morgan fingerprint density at radius 1 is 1.38 bits per heavy atom. The molecule has 0 atom stereocenters. The van der Waals surface area contributed by atoms with E-state index in [0.717, 1.165) is 5.69 Å². The van der Waals surface area contributed by atoms with E-state index in [1.807, 2.05) is 12.1 Å². The third kappa shape index (κ3) is 2.14. The highest BCUT2D eigenvalue weighted by Crippen LogP contribution is 2.11. The number of rotatable bonds is 3. The quantitative estimate of drug-likeness (QED) is 0.785. The van der Waals surface area contributed by atoms with Gasteiger partial charge in [-0.3, -0.25) is 4.79 Å². The van der Waals surface area contributed by atoms with Crippen LogP contribution in [0.2, 0.25) is 0 Å². The number of amides is 1. The molecule has 1 amide bonds. The van der Waals surface area contributed by atoms with E-state index in [2.05, 4.69) is 22.0 Å². The summed E-state index contributed by atoms with van der Waals surface area (Å²) in [5.74, 6) is -0.228. The van der Waals surface area contributed by atoms with Crippen molar-refractivity contribution in [3.05, 3.63) is 49.6 Å². The molecule has 0 spiro atoms. The van der Waals surface area contributed by atoms with Crippen molar-refractivity contribution < 1.29 is 4.79 Å². The van der Waals surface area contributed by atoms with Crippen molar-refractivity contribution in [3.8, 4) is 5.69 Å². The molecule has 1 aromatic carbocycles. The van der Waals surface area contributed by atoms with Gasteiger partial charge >= 0.3 is 0 Å². The summed E-state index contributed by atoms with van der Waals surface area (Å²) in [5.41, 5.74) is 1.60. The zero-order valence-electron chi connectivity index (χ0n) is 8.50. The van der Waals surface area contributed by atoms with Crippen molar-refractivity contribution in [1.82, 2.24) is 14.8 Å². The molecule has 5 nitrogen and oxygen atoms in total. The first-order valence-corrected chi connectivity index (χ1v) is 4.68. The van der Waals surface area contributed by atoms with Crippen LogP contribution in [0.15, 0.2) is 49.6 Å². The van der Waals surface area contributed by atoms with Crippen LogP contribution in [0.4, 0.5) is 5.69 Å². The lowest BCUT2D eigenvalue weighted by molar-refractivity contribution is -0.111. The standard InChI is InChI=1S/C11H10N4O/c1-2-11(16)14-9-3-5-10(6-4-9)15-8-12-7-13-15/h2-8H,1H2,(H,14,16). The molecule has 80 valence electrons. The number of benzene rings is 1. The SMILES string of the molecule is C=CC(=O)Nc1ccc(-n2cncn2)cc1. The van der Waals surface area contributed by atoms with Crippen molar-refractivity contribution in [1.29, 1.82) is 0 Å². The summed E-state index contributed by atoms with van der Waals surface area (Å²) >= 11 is 0. The number of carbonyl (C=O) groups is 1. The molecule has 0 aliphatic carbocycles. The number of hydrogen-bond donors (Lipinski definition) is 1. The molecule has 0 aliphatic heterocycles. The summed E-state index contributed by atoms with van der Waals surface area (Å²) < 4.78 is 1.64. The molecule has 1 aromatic heterocycles. The number of anilines is 1. The summed E-state index contributed by atoms with van der Waals surface area (Å²) in [4.78, 5) is 14.9. The number of nitrogens with one attached hydrogen (secondary N) is 1. The average molecular weight is 214 g/mol. The van der Waals surface area contributed by atoms with Gasteiger partial charge in [-0.05, 0) is 30.3 Å². The van der Waals surface area contributed by atoms with Gasteiger partial charge in [-0.15, -0.1) is 0 Å². The van der Waals surface area contributed by atoms with E-state index in [1.54, 1.807) is 23.1 Å². The molecular formula is C11H10N4O. The molecule has 0 saturated heterocycles. The van der Waals surface area contributed by atoms with Crippen LogP contribution in [0.5, 0.6) is 0 Å². The second-order valence-electron chi connectivity index (χ2n) is 3.08. The van der Waals surface area contributed by atoms with Gasteiger partial charge in [0.2, 0.25) is 5.91 Å². The minimum atomic E-state index is -0.228. The number of hydrogen-bond acceptors (Lipinski definition) is 3. The fourth-order valence-corrected chi connectivity index (χ4v) is 1.23. The van der Waals surface area contributed by atoms with E-state index in [1.165, 1.54) is 12.4 Å². The van der Waals surface area contributed by atoms with Gasteiger partial charge in [0, 0.05) is 5.69 Å². The molecule has 0 fully saturated rings. The average Bonchev–Trinajstić information content (AvgIpc) is 2.83. The molecule has 0 aliphatic rings. The fourth-order valence-electron chi connectivity index (χ4n) is 1.23. The van der Waals surface area contributed by atoms with Gasteiger partial charge in [-0.2, -0.15) is 5.10 Å². The van der Waals surface area contributed by atoms with Gasteiger partial charge in [-0.1, -0.05) is 6.58 Å². The molecule has 16 heavy (non-hydrogen) atoms.